The zero-order chi connectivity index (χ0) is 17.2. The van der Waals surface area contributed by atoms with Gasteiger partial charge in [-0.25, -0.2) is 9.97 Å². The molecule has 0 radical (unpaired) electrons. The third-order valence-electron chi connectivity index (χ3n) is 5.22. The minimum absolute atomic E-state index is 0.414. The summed E-state index contributed by atoms with van der Waals surface area (Å²) in [5, 5.41) is 3.38. The van der Waals surface area contributed by atoms with E-state index in [0.717, 1.165) is 62.0 Å². The smallest absolute Gasteiger partial charge is 0.164 e. The zero-order valence-corrected chi connectivity index (χ0v) is 14.8. The number of nitrogens with one attached hydrogen (secondary N) is 1. The highest BCUT2D eigenvalue weighted by Gasteiger charge is 2.30. The number of anilines is 1. The number of nitrogens with zero attached hydrogens (tertiary/aromatic N) is 3. The number of fused-ring (bicyclic) bond motifs is 1. The molecule has 1 N–H and O–H groups in total. The maximum Gasteiger partial charge on any atom is 0.164 e. The highest BCUT2D eigenvalue weighted by atomic mass is 16.5. The highest BCUT2D eigenvalue weighted by Crippen LogP contribution is 2.40. The topological polar surface area (TPSA) is 59.5 Å². The second-order valence-electron chi connectivity index (χ2n) is 6.56. The molecule has 6 nitrogen and oxygen atoms in total. The first-order valence-electron chi connectivity index (χ1n) is 8.81. The molecule has 0 aliphatic carbocycles. The third kappa shape index (κ3) is 2.91. The van der Waals surface area contributed by atoms with Gasteiger partial charge < -0.3 is 19.7 Å². The maximum atomic E-state index is 5.63. The predicted octanol–water partition coefficient (Wildman–Crippen LogP) is 2.13. The number of hydrogen-bond acceptors (Lipinski definition) is 6. The summed E-state index contributed by atoms with van der Waals surface area (Å²) in [6.07, 6.45) is 3.77. The van der Waals surface area contributed by atoms with Crippen LogP contribution in [0.15, 0.2) is 24.5 Å². The highest BCUT2D eigenvalue weighted by molar-refractivity contribution is 5.53. The van der Waals surface area contributed by atoms with Crippen molar-refractivity contribution < 1.29 is 9.47 Å². The lowest BCUT2D eigenvalue weighted by atomic mass is 9.97. The zero-order valence-electron chi connectivity index (χ0n) is 14.8. The van der Waals surface area contributed by atoms with E-state index in [1.165, 1.54) is 11.1 Å². The molecule has 0 unspecified atom stereocenters. The molecule has 0 amide bonds. The van der Waals surface area contributed by atoms with Crippen molar-refractivity contribution in [2.24, 2.45) is 0 Å². The van der Waals surface area contributed by atoms with Crippen molar-refractivity contribution in [2.75, 3.05) is 38.8 Å². The van der Waals surface area contributed by atoms with Crippen LogP contribution in [-0.2, 0) is 13.0 Å². The van der Waals surface area contributed by atoms with Gasteiger partial charge >= 0.3 is 0 Å². The molecular weight excluding hydrogens is 316 g/mol. The van der Waals surface area contributed by atoms with Gasteiger partial charge in [0, 0.05) is 36.7 Å². The fourth-order valence-electron chi connectivity index (χ4n) is 3.98. The van der Waals surface area contributed by atoms with E-state index in [1.807, 2.05) is 12.1 Å². The Kier molecular flexibility index (Phi) is 4.44. The van der Waals surface area contributed by atoms with E-state index >= 15 is 0 Å². The minimum Gasteiger partial charge on any atom is -0.493 e. The molecule has 25 heavy (non-hydrogen) atoms. The molecule has 1 saturated heterocycles. The van der Waals surface area contributed by atoms with E-state index < -0.39 is 0 Å². The second kappa shape index (κ2) is 6.88. The second-order valence-corrected chi connectivity index (χ2v) is 6.56. The molecule has 2 aliphatic rings. The number of rotatable bonds is 4. The van der Waals surface area contributed by atoms with Gasteiger partial charge in [0.05, 0.1) is 19.9 Å². The van der Waals surface area contributed by atoms with Crippen LogP contribution in [0.1, 0.15) is 29.2 Å². The molecular formula is C19H24N4O2. The Morgan fingerprint density at radius 2 is 2.12 bits per heavy atom. The summed E-state index contributed by atoms with van der Waals surface area (Å²) in [6.45, 7) is 3.78. The summed E-state index contributed by atoms with van der Waals surface area (Å²) in [5.41, 5.74) is 3.66. The molecule has 0 saturated carbocycles. The maximum absolute atomic E-state index is 5.63. The fraction of sp³-hybridized carbons (Fsp3) is 0.474. The van der Waals surface area contributed by atoms with Crippen molar-refractivity contribution in [2.45, 2.75) is 25.3 Å². The van der Waals surface area contributed by atoms with Gasteiger partial charge in [-0.2, -0.15) is 0 Å². The number of hydrogen-bond donors (Lipinski definition) is 1. The van der Waals surface area contributed by atoms with Crippen LogP contribution in [0.25, 0.3) is 0 Å². The van der Waals surface area contributed by atoms with Gasteiger partial charge in [0.15, 0.2) is 11.5 Å². The van der Waals surface area contributed by atoms with Gasteiger partial charge in [-0.3, -0.25) is 0 Å². The van der Waals surface area contributed by atoms with Gasteiger partial charge in [-0.15, -0.1) is 0 Å². The first-order chi connectivity index (χ1) is 12.3. The number of para-hydroxylation sites is 1. The van der Waals surface area contributed by atoms with Crippen LogP contribution in [0.2, 0.25) is 0 Å². The lowest BCUT2D eigenvalue weighted by Gasteiger charge is -2.25. The van der Waals surface area contributed by atoms with Crippen LogP contribution in [0.3, 0.4) is 0 Å². The lowest BCUT2D eigenvalue weighted by molar-refractivity contribution is 0.350. The number of methoxy groups -OCH3 is 2. The molecule has 1 aromatic heterocycles. The van der Waals surface area contributed by atoms with Gasteiger partial charge in [0.1, 0.15) is 12.1 Å². The summed E-state index contributed by atoms with van der Waals surface area (Å²) < 4.78 is 11.1. The Morgan fingerprint density at radius 3 is 2.96 bits per heavy atom. The van der Waals surface area contributed by atoms with Crippen LogP contribution >= 0.6 is 0 Å². The molecule has 2 aliphatic heterocycles. The van der Waals surface area contributed by atoms with Crippen LogP contribution in [0, 0.1) is 0 Å². The molecule has 0 spiro atoms. The number of aromatic nitrogens is 2. The molecule has 2 aromatic rings. The van der Waals surface area contributed by atoms with E-state index in [2.05, 4.69) is 26.3 Å². The Balaban J connectivity index is 1.61. The predicted molar refractivity (Wildman–Crippen MR) is 96.6 cm³/mol. The first kappa shape index (κ1) is 16.1. The van der Waals surface area contributed by atoms with Gasteiger partial charge in [-0.05, 0) is 25.5 Å². The third-order valence-corrected chi connectivity index (χ3v) is 5.22. The molecule has 132 valence electrons. The molecule has 1 fully saturated rings. The molecule has 4 rings (SSSR count). The van der Waals surface area contributed by atoms with Crippen LogP contribution in [0.5, 0.6) is 11.5 Å². The molecule has 0 bridgehead atoms. The molecule has 1 aromatic carbocycles. The van der Waals surface area contributed by atoms with E-state index in [-0.39, 0.29) is 0 Å². The summed E-state index contributed by atoms with van der Waals surface area (Å²) in [6, 6.07) is 6.13. The van der Waals surface area contributed by atoms with Crippen molar-refractivity contribution in [1.82, 2.24) is 15.3 Å². The van der Waals surface area contributed by atoms with Crippen LogP contribution in [0.4, 0.5) is 5.82 Å². The summed E-state index contributed by atoms with van der Waals surface area (Å²) in [5.74, 6) is 3.17. The molecule has 3 heterocycles. The number of benzene rings is 1. The van der Waals surface area contributed by atoms with E-state index in [1.54, 1.807) is 20.5 Å². The summed E-state index contributed by atoms with van der Waals surface area (Å²) >= 11 is 0. The standard InChI is InChI=1S/C19H24N4O2/c1-24-17-5-3-4-14(18(17)25-2)13-7-9-23(11-13)19-15-6-8-20-10-16(15)21-12-22-19/h3-5,12-13,20H,6-11H2,1-2H3/t13-/m1/s1. The average molecular weight is 340 g/mol. The SMILES string of the molecule is COc1cccc([C@@H]2CCN(c3ncnc4c3CCNC4)C2)c1OC. The Bertz CT molecular complexity index is 720. The largest absolute Gasteiger partial charge is 0.493 e. The Morgan fingerprint density at radius 1 is 1.20 bits per heavy atom. The van der Waals surface area contributed by atoms with Crippen LogP contribution in [-0.4, -0.2) is 43.8 Å². The lowest BCUT2D eigenvalue weighted by Crippen LogP contribution is -2.29. The fourth-order valence-corrected chi connectivity index (χ4v) is 3.98. The van der Waals surface area contributed by atoms with Crippen LogP contribution < -0.4 is 19.7 Å². The van der Waals surface area contributed by atoms with Crippen molar-refractivity contribution in [3.05, 3.63) is 41.3 Å². The van der Waals surface area contributed by atoms with Gasteiger partial charge in [-0.1, -0.05) is 12.1 Å². The summed E-state index contributed by atoms with van der Waals surface area (Å²) in [4.78, 5) is 11.4. The minimum atomic E-state index is 0.414. The van der Waals surface area contributed by atoms with E-state index in [0.29, 0.717) is 5.92 Å². The van der Waals surface area contributed by atoms with Gasteiger partial charge in [0.2, 0.25) is 0 Å². The Hall–Kier alpha value is -2.34. The van der Waals surface area contributed by atoms with E-state index in [9.17, 15) is 0 Å². The normalized spacial score (nSPS) is 19.6. The quantitative estimate of drug-likeness (QED) is 0.920. The average Bonchev–Trinajstić information content (AvgIpc) is 3.16. The summed E-state index contributed by atoms with van der Waals surface area (Å²) in [7, 11) is 3.39. The first-order valence-corrected chi connectivity index (χ1v) is 8.81. The molecule has 1 atom stereocenters. The van der Waals surface area contributed by atoms with Crippen molar-refractivity contribution >= 4 is 5.82 Å². The Labute approximate surface area is 148 Å². The van der Waals surface area contributed by atoms with E-state index in [4.69, 9.17) is 9.47 Å². The van der Waals surface area contributed by atoms with Crippen molar-refractivity contribution in [1.29, 1.82) is 0 Å². The molecule has 6 heteroatoms. The van der Waals surface area contributed by atoms with Gasteiger partial charge in [0.25, 0.3) is 0 Å². The van der Waals surface area contributed by atoms with Crippen molar-refractivity contribution in [3.63, 3.8) is 0 Å². The monoisotopic (exact) mass is 340 g/mol. The van der Waals surface area contributed by atoms with Crippen molar-refractivity contribution in [3.8, 4) is 11.5 Å². The number of ether oxygens (including phenoxy) is 2.